The van der Waals surface area contributed by atoms with Crippen molar-refractivity contribution in [2.75, 3.05) is 11.9 Å². The average Bonchev–Trinajstić information content (AvgIpc) is 2.26. The van der Waals surface area contributed by atoms with Crippen LogP contribution in [0.4, 0.5) is 16.2 Å². The molecule has 1 aromatic carbocycles. The molecule has 0 unspecified atom stereocenters. The summed E-state index contributed by atoms with van der Waals surface area (Å²) in [6, 6.07) is 3.00. The molecule has 18 heavy (non-hydrogen) atoms. The fraction of sp³-hybridized carbons (Fsp3) is 0.111. The smallest absolute Gasteiger partial charge is 0.318 e. The molecule has 0 heterocycles. The minimum atomic E-state index is -0.969. The second-order valence-corrected chi connectivity index (χ2v) is 3.60. The van der Waals surface area contributed by atoms with Gasteiger partial charge in [0, 0.05) is 11.8 Å². The molecule has 96 valence electrons. The van der Waals surface area contributed by atoms with E-state index >= 15 is 0 Å². The second kappa shape index (κ2) is 5.82. The van der Waals surface area contributed by atoms with Crippen molar-refractivity contribution in [2.24, 2.45) is 5.73 Å². The van der Waals surface area contributed by atoms with Gasteiger partial charge in [-0.05, 0) is 12.1 Å². The number of hydrogen-bond acceptors (Lipinski definition) is 5. The van der Waals surface area contributed by atoms with Gasteiger partial charge in [-0.15, -0.1) is 0 Å². The second-order valence-electron chi connectivity index (χ2n) is 3.19. The molecule has 0 aliphatic heterocycles. The van der Waals surface area contributed by atoms with E-state index in [1.54, 1.807) is 0 Å². The van der Waals surface area contributed by atoms with Gasteiger partial charge in [-0.25, -0.2) is 4.79 Å². The maximum Gasteiger partial charge on any atom is 0.318 e. The number of hydrogen-bond donors (Lipinski definition) is 3. The van der Waals surface area contributed by atoms with Crippen LogP contribution in [0.15, 0.2) is 18.2 Å². The van der Waals surface area contributed by atoms with Gasteiger partial charge in [-0.1, -0.05) is 11.6 Å². The third-order valence-electron chi connectivity index (χ3n) is 1.86. The zero-order valence-electron chi connectivity index (χ0n) is 8.97. The van der Waals surface area contributed by atoms with E-state index in [-0.39, 0.29) is 17.3 Å². The van der Waals surface area contributed by atoms with E-state index in [9.17, 15) is 19.7 Å². The van der Waals surface area contributed by atoms with Gasteiger partial charge in [0.2, 0.25) is 5.91 Å². The van der Waals surface area contributed by atoms with Crippen molar-refractivity contribution < 1.29 is 14.5 Å². The number of halogens is 1. The SMILES string of the molecule is NC(=O)NC(=O)CNc1ccc(Cl)c([N+](=O)[O-])c1. The predicted molar refractivity (Wildman–Crippen MR) is 64.3 cm³/mol. The van der Waals surface area contributed by atoms with E-state index in [0.29, 0.717) is 5.69 Å². The largest absolute Gasteiger partial charge is 0.376 e. The number of carbonyl (C=O) groups is 2. The molecule has 0 aliphatic carbocycles. The molecule has 0 aliphatic rings. The number of amides is 3. The zero-order chi connectivity index (χ0) is 13.7. The minimum Gasteiger partial charge on any atom is -0.376 e. The fourth-order valence-corrected chi connectivity index (χ4v) is 1.31. The van der Waals surface area contributed by atoms with Crippen molar-refractivity contribution >= 4 is 34.9 Å². The lowest BCUT2D eigenvalue weighted by molar-refractivity contribution is -0.384. The van der Waals surface area contributed by atoms with Gasteiger partial charge in [0.15, 0.2) is 0 Å². The minimum absolute atomic E-state index is 0.00728. The van der Waals surface area contributed by atoms with Crippen molar-refractivity contribution in [2.45, 2.75) is 0 Å². The normalized spacial score (nSPS) is 9.61. The Morgan fingerprint density at radius 2 is 2.11 bits per heavy atom. The molecule has 1 aromatic rings. The van der Waals surface area contributed by atoms with E-state index in [2.05, 4.69) is 5.32 Å². The molecule has 0 spiro atoms. The summed E-state index contributed by atoms with van der Waals surface area (Å²) >= 11 is 5.61. The highest BCUT2D eigenvalue weighted by Crippen LogP contribution is 2.27. The first-order valence-electron chi connectivity index (χ1n) is 4.67. The molecule has 0 aromatic heterocycles. The van der Waals surface area contributed by atoms with Crippen LogP contribution in [0.2, 0.25) is 5.02 Å². The highest BCUT2D eigenvalue weighted by molar-refractivity contribution is 6.32. The number of anilines is 1. The molecule has 0 radical (unpaired) electrons. The number of nitro benzene ring substituents is 1. The van der Waals surface area contributed by atoms with Crippen LogP contribution >= 0.6 is 11.6 Å². The van der Waals surface area contributed by atoms with Crippen molar-refractivity contribution in [1.29, 1.82) is 0 Å². The fourth-order valence-electron chi connectivity index (χ4n) is 1.13. The van der Waals surface area contributed by atoms with Gasteiger partial charge in [0.1, 0.15) is 5.02 Å². The van der Waals surface area contributed by atoms with Crippen molar-refractivity contribution in [3.05, 3.63) is 33.3 Å². The lowest BCUT2D eigenvalue weighted by Crippen LogP contribution is -2.38. The molecule has 4 N–H and O–H groups in total. The molecule has 8 nitrogen and oxygen atoms in total. The van der Waals surface area contributed by atoms with Crippen LogP contribution < -0.4 is 16.4 Å². The summed E-state index contributed by atoms with van der Waals surface area (Å²) in [5.74, 6) is -0.653. The van der Waals surface area contributed by atoms with Crippen LogP contribution in [-0.4, -0.2) is 23.4 Å². The molecule has 0 fully saturated rings. The first kappa shape index (κ1) is 13.7. The molecule has 3 amide bonds. The van der Waals surface area contributed by atoms with Crippen LogP contribution in [-0.2, 0) is 4.79 Å². The van der Waals surface area contributed by atoms with Gasteiger partial charge in [-0.2, -0.15) is 0 Å². The number of rotatable bonds is 4. The molecule has 9 heteroatoms. The summed E-state index contributed by atoms with van der Waals surface area (Å²) in [6.45, 7) is -0.248. The van der Waals surface area contributed by atoms with E-state index < -0.39 is 16.9 Å². The first-order valence-corrected chi connectivity index (χ1v) is 5.05. The Morgan fingerprint density at radius 3 is 2.67 bits per heavy atom. The number of nitro groups is 1. The Hall–Kier alpha value is -2.35. The lowest BCUT2D eigenvalue weighted by atomic mass is 10.3. The first-order chi connectivity index (χ1) is 8.40. The van der Waals surface area contributed by atoms with Crippen molar-refractivity contribution in [3.63, 3.8) is 0 Å². The summed E-state index contributed by atoms with van der Waals surface area (Å²) < 4.78 is 0. The third-order valence-corrected chi connectivity index (χ3v) is 2.18. The molecule has 0 bridgehead atoms. The number of benzene rings is 1. The number of urea groups is 1. The van der Waals surface area contributed by atoms with Crippen LogP contribution in [0, 0.1) is 10.1 Å². The van der Waals surface area contributed by atoms with Gasteiger partial charge in [-0.3, -0.25) is 20.2 Å². The standard InChI is InChI=1S/C9H9ClN4O4/c10-6-2-1-5(3-7(6)14(17)18)12-4-8(15)13-9(11)16/h1-3,12H,4H2,(H3,11,13,15,16). The summed E-state index contributed by atoms with van der Waals surface area (Å²) in [4.78, 5) is 31.4. The Balaban J connectivity index is 2.69. The topological polar surface area (TPSA) is 127 Å². The number of imide groups is 1. The van der Waals surface area contributed by atoms with Gasteiger partial charge in [0.25, 0.3) is 5.69 Å². The maximum atomic E-state index is 11.1. The van der Waals surface area contributed by atoms with Crippen LogP contribution in [0.5, 0.6) is 0 Å². The number of nitrogens with one attached hydrogen (secondary N) is 2. The van der Waals surface area contributed by atoms with Gasteiger partial charge >= 0.3 is 6.03 Å². The molecular weight excluding hydrogens is 264 g/mol. The molecule has 0 saturated carbocycles. The highest BCUT2D eigenvalue weighted by atomic mass is 35.5. The number of nitrogens with two attached hydrogens (primary N) is 1. The van der Waals surface area contributed by atoms with E-state index in [4.69, 9.17) is 17.3 Å². The zero-order valence-corrected chi connectivity index (χ0v) is 9.73. The third kappa shape index (κ3) is 3.91. The summed E-state index contributed by atoms with van der Waals surface area (Å²) in [5, 5.41) is 15.0. The lowest BCUT2D eigenvalue weighted by Gasteiger charge is -2.06. The number of carbonyl (C=O) groups excluding carboxylic acids is 2. The summed E-state index contributed by atoms with van der Waals surface area (Å²) in [6.07, 6.45) is 0. The van der Waals surface area contributed by atoms with Crippen molar-refractivity contribution in [1.82, 2.24) is 5.32 Å². The summed E-state index contributed by atoms with van der Waals surface area (Å²) in [5.41, 5.74) is 4.78. The van der Waals surface area contributed by atoms with E-state index in [1.807, 2.05) is 5.32 Å². The average molecular weight is 273 g/mol. The van der Waals surface area contributed by atoms with E-state index in [0.717, 1.165) is 0 Å². The van der Waals surface area contributed by atoms with Gasteiger partial charge in [0.05, 0.1) is 11.5 Å². The Morgan fingerprint density at radius 1 is 1.44 bits per heavy atom. The Kier molecular flexibility index (Phi) is 4.44. The van der Waals surface area contributed by atoms with Crippen LogP contribution in [0.1, 0.15) is 0 Å². The maximum absolute atomic E-state index is 11.1. The Labute approximate surface area is 106 Å². The molecule has 1 rings (SSSR count). The number of nitrogens with zero attached hydrogens (tertiary/aromatic N) is 1. The summed E-state index contributed by atoms with van der Waals surface area (Å²) in [7, 11) is 0. The van der Waals surface area contributed by atoms with Crippen molar-refractivity contribution in [3.8, 4) is 0 Å². The van der Waals surface area contributed by atoms with Gasteiger partial charge < -0.3 is 11.1 Å². The molecule has 0 saturated heterocycles. The van der Waals surface area contributed by atoms with Crippen LogP contribution in [0.25, 0.3) is 0 Å². The van der Waals surface area contributed by atoms with E-state index in [1.165, 1.54) is 18.2 Å². The Bertz CT molecular complexity index is 505. The quantitative estimate of drug-likeness (QED) is 0.553. The highest BCUT2D eigenvalue weighted by Gasteiger charge is 2.13. The molecule has 0 atom stereocenters. The van der Waals surface area contributed by atoms with Crippen LogP contribution in [0.3, 0.4) is 0 Å². The number of primary amides is 1. The predicted octanol–water partition coefficient (Wildman–Crippen LogP) is 0.855. The monoisotopic (exact) mass is 272 g/mol. The molecular formula is C9H9ClN4O4.